The Bertz CT molecular complexity index is 166. The molecule has 2 heteroatoms. The third kappa shape index (κ3) is 9.80. The summed E-state index contributed by atoms with van der Waals surface area (Å²) in [6, 6.07) is 0. The van der Waals surface area contributed by atoms with Gasteiger partial charge in [-0.15, -0.1) is 0 Å². The van der Waals surface area contributed by atoms with E-state index in [1.165, 1.54) is 0 Å². The molecular formula is C13H27NO. The second-order valence-corrected chi connectivity index (χ2v) is 4.72. The first-order valence-corrected chi connectivity index (χ1v) is 6.09. The standard InChI is InChI=1S/C13H27NO/c1-11(2)9-10-13(15)8-6-5-7-12(3)14-4/h11,13-15H,3,5-10H2,1-2,4H3. The molecule has 0 radical (unpaired) electrons. The largest absolute Gasteiger partial charge is 0.393 e. The van der Waals surface area contributed by atoms with Crippen LogP contribution in [0.4, 0.5) is 0 Å². The summed E-state index contributed by atoms with van der Waals surface area (Å²) in [7, 11) is 1.90. The molecule has 1 atom stereocenters. The molecule has 90 valence electrons. The van der Waals surface area contributed by atoms with Gasteiger partial charge in [0.15, 0.2) is 0 Å². The molecule has 0 amide bonds. The maximum absolute atomic E-state index is 9.68. The van der Waals surface area contributed by atoms with Crippen molar-refractivity contribution in [2.45, 2.75) is 58.5 Å². The Balaban J connectivity index is 3.31. The van der Waals surface area contributed by atoms with Crippen LogP contribution in [0, 0.1) is 5.92 Å². The van der Waals surface area contributed by atoms with E-state index >= 15 is 0 Å². The number of rotatable bonds is 9. The van der Waals surface area contributed by atoms with Crippen LogP contribution in [0.15, 0.2) is 12.3 Å². The van der Waals surface area contributed by atoms with Gasteiger partial charge in [-0.2, -0.15) is 0 Å². The predicted octanol–water partition coefficient (Wildman–Crippen LogP) is 3.08. The van der Waals surface area contributed by atoms with E-state index in [2.05, 4.69) is 25.7 Å². The molecule has 0 saturated carbocycles. The van der Waals surface area contributed by atoms with Gasteiger partial charge >= 0.3 is 0 Å². The molecule has 15 heavy (non-hydrogen) atoms. The van der Waals surface area contributed by atoms with Gasteiger partial charge in [0, 0.05) is 12.7 Å². The SMILES string of the molecule is C=C(CCCCC(O)CCC(C)C)NC. The molecule has 0 aromatic carbocycles. The Labute approximate surface area is 94.8 Å². The lowest BCUT2D eigenvalue weighted by molar-refractivity contribution is 0.144. The average Bonchev–Trinajstić information content (AvgIpc) is 2.21. The van der Waals surface area contributed by atoms with E-state index < -0.39 is 0 Å². The Morgan fingerprint density at radius 3 is 2.40 bits per heavy atom. The highest BCUT2D eigenvalue weighted by atomic mass is 16.3. The first-order chi connectivity index (χ1) is 7.06. The van der Waals surface area contributed by atoms with Gasteiger partial charge in [0.25, 0.3) is 0 Å². The van der Waals surface area contributed by atoms with Gasteiger partial charge in [0.05, 0.1) is 6.10 Å². The van der Waals surface area contributed by atoms with E-state index in [9.17, 15) is 5.11 Å². The average molecular weight is 213 g/mol. The minimum Gasteiger partial charge on any atom is -0.393 e. The number of nitrogens with one attached hydrogen (secondary N) is 1. The highest BCUT2D eigenvalue weighted by Gasteiger charge is 2.05. The lowest BCUT2D eigenvalue weighted by Crippen LogP contribution is -2.08. The number of aliphatic hydroxyl groups excluding tert-OH is 1. The molecule has 0 aromatic rings. The van der Waals surface area contributed by atoms with E-state index in [1.54, 1.807) is 0 Å². The highest BCUT2D eigenvalue weighted by Crippen LogP contribution is 2.13. The summed E-state index contributed by atoms with van der Waals surface area (Å²) in [5.41, 5.74) is 1.09. The monoisotopic (exact) mass is 213 g/mol. The molecular weight excluding hydrogens is 186 g/mol. The van der Waals surface area contributed by atoms with E-state index in [0.29, 0.717) is 5.92 Å². The van der Waals surface area contributed by atoms with E-state index in [-0.39, 0.29) is 6.10 Å². The number of unbranched alkanes of at least 4 members (excludes halogenated alkanes) is 1. The molecule has 0 aliphatic rings. The van der Waals surface area contributed by atoms with E-state index in [0.717, 1.165) is 44.2 Å². The van der Waals surface area contributed by atoms with E-state index in [1.807, 2.05) is 7.05 Å². The first kappa shape index (κ1) is 14.5. The van der Waals surface area contributed by atoms with Crippen LogP contribution in [0.3, 0.4) is 0 Å². The Morgan fingerprint density at radius 1 is 1.20 bits per heavy atom. The summed E-state index contributed by atoms with van der Waals surface area (Å²) in [5.74, 6) is 0.698. The fraction of sp³-hybridized carbons (Fsp3) is 0.846. The molecule has 0 aliphatic carbocycles. The van der Waals surface area contributed by atoms with Crippen LogP contribution < -0.4 is 5.32 Å². The molecule has 0 aliphatic heterocycles. The molecule has 0 fully saturated rings. The summed E-state index contributed by atoms with van der Waals surface area (Å²) in [6.07, 6.45) is 6.15. The van der Waals surface area contributed by atoms with Crippen molar-refractivity contribution < 1.29 is 5.11 Å². The van der Waals surface area contributed by atoms with Crippen LogP contribution >= 0.6 is 0 Å². The van der Waals surface area contributed by atoms with Crippen molar-refractivity contribution in [1.82, 2.24) is 5.32 Å². The van der Waals surface area contributed by atoms with Crippen LogP contribution in [-0.4, -0.2) is 18.3 Å². The quantitative estimate of drug-likeness (QED) is 0.577. The van der Waals surface area contributed by atoms with Gasteiger partial charge in [-0.1, -0.05) is 26.8 Å². The van der Waals surface area contributed by atoms with E-state index in [4.69, 9.17) is 0 Å². The Morgan fingerprint density at radius 2 is 1.87 bits per heavy atom. The van der Waals surface area contributed by atoms with Crippen molar-refractivity contribution in [3.8, 4) is 0 Å². The topological polar surface area (TPSA) is 32.3 Å². The Kier molecular flexibility index (Phi) is 8.49. The van der Waals surface area contributed by atoms with Gasteiger partial charge in [-0.05, 0) is 38.0 Å². The third-order valence-corrected chi connectivity index (χ3v) is 2.70. The summed E-state index contributed by atoms with van der Waals surface area (Å²) < 4.78 is 0. The molecule has 1 unspecified atom stereocenters. The van der Waals surface area contributed by atoms with Gasteiger partial charge in [0.1, 0.15) is 0 Å². The lowest BCUT2D eigenvalue weighted by atomic mass is 10.0. The third-order valence-electron chi connectivity index (χ3n) is 2.70. The van der Waals surface area contributed by atoms with Crippen LogP contribution in [0.2, 0.25) is 0 Å². The van der Waals surface area contributed by atoms with Gasteiger partial charge in [-0.25, -0.2) is 0 Å². The van der Waals surface area contributed by atoms with Crippen molar-refractivity contribution in [3.63, 3.8) is 0 Å². The molecule has 0 spiro atoms. The van der Waals surface area contributed by atoms with Crippen LogP contribution in [0.5, 0.6) is 0 Å². The smallest absolute Gasteiger partial charge is 0.0540 e. The van der Waals surface area contributed by atoms with Gasteiger partial charge < -0.3 is 10.4 Å². The second-order valence-electron chi connectivity index (χ2n) is 4.72. The van der Waals surface area contributed by atoms with Crippen molar-refractivity contribution in [2.24, 2.45) is 5.92 Å². The summed E-state index contributed by atoms with van der Waals surface area (Å²) in [6.45, 7) is 8.27. The van der Waals surface area contributed by atoms with Crippen molar-refractivity contribution in [1.29, 1.82) is 0 Å². The zero-order valence-electron chi connectivity index (χ0n) is 10.6. The fourth-order valence-corrected chi connectivity index (χ4v) is 1.51. The summed E-state index contributed by atoms with van der Waals surface area (Å²) >= 11 is 0. The molecule has 2 N–H and O–H groups in total. The normalized spacial score (nSPS) is 12.9. The molecule has 0 saturated heterocycles. The van der Waals surface area contributed by atoms with Gasteiger partial charge in [-0.3, -0.25) is 0 Å². The minimum absolute atomic E-state index is 0.102. The number of allylic oxidation sites excluding steroid dienone is 1. The van der Waals surface area contributed by atoms with Crippen molar-refractivity contribution >= 4 is 0 Å². The Hall–Kier alpha value is -0.500. The predicted molar refractivity (Wildman–Crippen MR) is 66.7 cm³/mol. The van der Waals surface area contributed by atoms with Crippen molar-refractivity contribution in [3.05, 3.63) is 12.3 Å². The fourth-order valence-electron chi connectivity index (χ4n) is 1.51. The maximum atomic E-state index is 9.68. The molecule has 0 bridgehead atoms. The lowest BCUT2D eigenvalue weighted by Gasteiger charge is -2.12. The van der Waals surface area contributed by atoms with Gasteiger partial charge in [0.2, 0.25) is 0 Å². The van der Waals surface area contributed by atoms with Crippen molar-refractivity contribution in [2.75, 3.05) is 7.05 Å². The van der Waals surface area contributed by atoms with Crippen LogP contribution in [0.25, 0.3) is 0 Å². The second kappa shape index (κ2) is 8.78. The highest BCUT2D eigenvalue weighted by molar-refractivity contribution is 4.88. The van der Waals surface area contributed by atoms with Crippen LogP contribution in [-0.2, 0) is 0 Å². The molecule has 2 nitrogen and oxygen atoms in total. The number of hydrogen-bond acceptors (Lipinski definition) is 2. The molecule has 0 aromatic heterocycles. The summed E-state index contributed by atoms with van der Waals surface area (Å²) in [5, 5.41) is 12.7. The summed E-state index contributed by atoms with van der Waals surface area (Å²) in [4.78, 5) is 0. The first-order valence-electron chi connectivity index (χ1n) is 6.09. The number of hydrogen-bond donors (Lipinski definition) is 2. The molecule has 0 heterocycles. The molecule has 0 rings (SSSR count). The minimum atomic E-state index is -0.102. The zero-order chi connectivity index (χ0) is 11.7. The number of aliphatic hydroxyl groups is 1. The zero-order valence-corrected chi connectivity index (χ0v) is 10.6. The van der Waals surface area contributed by atoms with Crippen LogP contribution in [0.1, 0.15) is 52.4 Å². The maximum Gasteiger partial charge on any atom is 0.0540 e.